The first-order chi connectivity index (χ1) is 15.5. The zero-order chi connectivity index (χ0) is 21.9. The minimum atomic E-state index is 0.0717. The van der Waals surface area contributed by atoms with Gasteiger partial charge in [-0.25, -0.2) is 4.98 Å². The molecular weight excluding hydrogens is 416 g/mol. The van der Waals surface area contributed by atoms with Crippen LogP contribution < -0.4 is 4.74 Å². The van der Waals surface area contributed by atoms with E-state index in [1.165, 1.54) is 11.1 Å². The quantitative estimate of drug-likeness (QED) is 0.390. The van der Waals surface area contributed by atoms with Crippen LogP contribution in [0.25, 0.3) is 10.9 Å². The van der Waals surface area contributed by atoms with Gasteiger partial charge in [0.15, 0.2) is 0 Å². The minimum Gasteiger partial charge on any atom is -0.506 e. The van der Waals surface area contributed by atoms with Crippen LogP contribution in [0.15, 0.2) is 83.9 Å². The molecule has 0 spiro atoms. The Labute approximate surface area is 191 Å². The van der Waals surface area contributed by atoms with Gasteiger partial charge in [-0.05, 0) is 35.4 Å². The van der Waals surface area contributed by atoms with Gasteiger partial charge in [-0.15, -0.1) is 0 Å². The van der Waals surface area contributed by atoms with E-state index in [2.05, 4.69) is 49.2 Å². The number of para-hydroxylation sites is 1. The van der Waals surface area contributed by atoms with Crippen molar-refractivity contribution in [3.63, 3.8) is 0 Å². The third-order valence-electron chi connectivity index (χ3n) is 6.44. The molecule has 32 heavy (non-hydrogen) atoms. The highest BCUT2D eigenvalue weighted by Gasteiger charge is 2.50. The Balaban J connectivity index is 1.31. The number of nitrogens with zero attached hydrogens (tertiary/aromatic N) is 2. The SMILES string of the molecule is CC1(C)c2ccccc2[C@@H]2N=C(c3cccc(Oc4ccc5cccc(O)c5n4)c3)S[C@H]21. The molecule has 0 fully saturated rings. The fourth-order valence-corrected chi connectivity index (χ4v) is 6.24. The number of hydrogen-bond acceptors (Lipinski definition) is 5. The zero-order valence-corrected chi connectivity index (χ0v) is 18.6. The predicted octanol–water partition coefficient (Wildman–Crippen LogP) is 6.63. The van der Waals surface area contributed by atoms with Gasteiger partial charge in [0.1, 0.15) is 17.0 Å². The highest BCUT2D eigenvalue weighted by Crippen LogP contribution is 2.56. The van der Waals surface area contributed by atoms with Gasteiger partial charge < -0.3 is 9.84 Å². The molecule has 1 aliphatic heterocycles. The molecule has 158 valence electrons. The molecule has 0 bridgehead atoms. The Hall–Kier alpha value is -3.31. The summed E-state index contributed by atoms with van der Waals surface area (Å²) in [7, 11) is 0. The number of aliphatic imine (C=N–C) groups is 1. The summed E-state index contributed by atoms with van der Waals surface area (Å²) >= 11 is 1.86. The third-order valence-corrected chi connectivity index (χ3v) is 8.11. The number of pyridine rings is 1. The summed E-state index contributed by atoms with van der Waals surface area (Å²) in [6.07, 6.45) is 0. The van der Waals surface area contributed by atoms with E-state index in [0.717, 1.165) is 16.0 Å². The van der Waals surface area contributed by atoms with Crippen LogP contribution in [0.2, 0.25) is 0 Å². The molecule has 6 rings (SSSR count). The maximum absolute atomic E-state index is 10.1. The van der Waals surface area contributed by atoms with Crippen molar-refractivity contribution in [2.24, 2.45) is 4.99 Å². The van der Waals surface area contributed by atoms with Crippen LogP contribution in [0.1, 0.15) is 36.6 Å². The second kappa shape index (κ2) is 7.10. The van der Waals surface area contributed by atoms with Gasteiger partial charge in [0.05, 0.1) is 11.1 Å². The van der Waals surface area contributed by atoms with Crippen molar-refractivity contribution in [1.82, 2.24) is 4.98 Å². The molecular formula is C27H22N2O2S. The van der Waals surface area contributed by atoms with E-state index in [4.69, 9.17) is 9.73 Å². The number of phenols is 1. The summed E-state index contributed by atoms with van der Waals surface area (Å²) in [6, 6.07) is 26.0. The van der Waals surface area contributed by atoms with Gasteiger partial charge in [-0.3, -0.25) is 4.99 Å². The lowest BCUT2D eigenvalue weighted by Crippen LogP contribution is -2.26. The molecule has 4 aromatic rings. The number of ether oxygens (including phenoxy) is 1. The first kappa shape index (κ1) is 19.4. The van der Waals surface area contributed by atoms with Crippen LogP contribution in [-0.4, -0.2) is 20.4 Å². The second-order valence-corrected chi connectivity index (χ2v) is 9.98. The van der Waals surface area contributed by atoms with Crippen molar-refractivity contribution < 1.29 is 9.84 Å². The second-order valence-electron chi connectivity index (χ2n) is 8.85. The predicted molar refractivity (Wildman–Crippen MR) is 130 cm³/mol. The Morgan fingerprint density at radius 3 is 2.69 bits per heavy atom. The first-order valence-corrected chi connectivity index (χ1v) is 11.6. The number of phenolic OH excluding ortho intramolecular Hbond substituents is 1. The molecule has 5 heteroatoms. The normalized spacial score (nSPS) is 20.6. The molecule has 3 aromatic carbocycles. The average molecular weight is 439 g/mol. The zero-order valence-electron chi connectivity index (χ0n) is 17.8. The lowest BCUT2D eigenvalue weighted by atomic mass is 9.86. The van der Waals surface area contributed by atoms with Crippen molar-refractivity contribution >= 4 is 27.7 Å². The Morgan fingerprint density at radius 2 is 1.78 bits per heavy atom. The largest absolute Gasteiger partial charge is 0.506 e. The van der Waals surface area contributed by atoms with E-state index >= 15 is 0 Å². The maximum Gasteiger partial charge on any atom is 0.219 e. The summed E-state index contributed by atoms with van der Waals surface area (Å²) in [4.78, 5) is 9.61. The lowest BCUT2D eigenvalue weighted by molar-refractivity contribution is 0.460. The number of aromatic hydroxyl groups is 1. The number of hydrogen-bond donors (Lipinski definition) is 1. The van der Waals surface area contributed by atoms with E-state index in [1.807, 2.05) is 48.2 Å². The molecule has 1 aliphatic carbocycles. The van der Waals surface area contributed by atoms with Crippen molar-refractivity contribution in [3.05, 3.63) is 95.6 Å². The van der Waals surface area contributed by atoms with Crippen LogP contribution in [-0.2, 0) is 5.41 Å². The Bertz CT molecular complexity index is 1400. The summed E-state index contributed by atoms with van der Waals surface area (Å²) in [5.74, 6) is 1.29. The summed E-state index contributed by atoms with van der Waals surface area (Å²) in [5, 5.41) is 12.4. The van der Waals surface area contributed by atoms with E-state index in [9.17, 15) is 5.11 Å². The maximum atomic E-state index is 10.1. The smallest absolute Gasteiger partial charge is 0.219 e. The molecule has 1 N–H and O–H groups in total. The van der Waals surface area contributed by atoms with Crippen LogP contribution in [0.5, 0.6) is 17.4 Å². The van der Waals surface area contributed by atoms with Gasteiger partial charge in [0, 0.05) is 27.7 Å². The topological polar surface area (TPSA) is 54.7 Å². The number of benzene rings is 3. The molecule has 2 aliphatic rings. The molecule has 0 saturated carbocycles. The summed E-state index contributed by atoms with van der Waals surface area (Å²) in [6.45, 7) is 4.64. The van der Waals surface area contributed by atoms with Crippen LogP contribution >= 0.6 is 11.8 Å². The number of rotatable bonds is 3. The van der Waals surface area contributed by atoms with Crippen molar-refractivity contribution in [1.29, 1.82) is 0 Å². The van der Waals surface area contributed by atoms with E-state index in [-0.39, 0.29) is 17.2 Å². The van der Waals surface area contributed by atoms with Crippen molar-refractivity contribution in [3.8, 4) is 17.4 Å². The molecule has 0 saturated heterocycles. The van der Waals surface area contributed by atoms with Crippen LogP contribution in [0, 0.1) is 0 Å². The van der Waals surface area contributed by atoms with Gasteiger partial charge >= 0.3 is 0 Å². The van der Waals surface area contributed by atoms with Gasteiger partial charge in [0.25, 0.3) is 0 Å². The van der Waals surface area contributed by atoms with E-state index in [0.29, 0.717) is 22.4 Å². The highest BCUT2D eigenvalue weighted by molar-refractivity contribution is 8.15. The fraction of sp³-hybridized carbons (Fsp3) is 0.185. The molecule has 2 heterocycles. The van der Waals surface area contributed by atoms with Gasteiger partial charge in [0.2, 0.25) is 5.88 Å². The van der Waals surface area contributed by atoms with E-state index in [1.54, 1.807) is 12.1 Å². The van der Waals surface area contributed by atoms with Gasteiger partial charge in [-0.2, -0.15) is 0 Å². The Kier molecular flexibility index (Phi) is 4.30. The molecule has 0 unspecified atom stereocenters. The molecule has 1 aromatic heterocycles. The van der Waals surface area contributed by atoms with Crippen LogP contribution in [0.3, 0.4) is 0 Å². The first-order valence-electron chi connectivity index (χ1n) is 10.7. The van der Waals surface area contributed by atoms with E-state index < -0.39 is 0 Å². The van der Waals surface area contributed by atoms with Crippen LogP contribution in [0.4, 0.5) is 0 Å². The highest BCUT2D eigenvalue weighted by atomic mass is 32.2. The van der Waals surface area contributed by atoms with Crippen molar-refractivity contribution in [2.75, 3.05) is 0 Å². The lowest BCUT2D eigenvalue weighted by Gasteiger charge is -2.26. The minimum absolute atomic E-state index is 0.0717. The number of fused-ring (bicyclic) bond motifs is 4. The third kappa shape index (κ3) is 3.00. The van der Waals surface area contributed by atoms with Crippen molar-refractivity contribution in [2.45, 2.75) is 30.6 Å². The standard InChI is InChI=1S/C27H22N2O2S/c1-27(2)20-11-4-3-10-19(20)24-25(27)32-26(29-24)17-8-5-9-18(15-17)31-22-14-13-16-7-6-12-21(30)23(16)28-22/h3-15,24-25,30H,1-2H3/t24-,25+/m0/s1. The van der Waals surface area contributed by atoms with Gasteiger partial charge in [-0.1, -0.05) is 74.1 Å². The molecule has 2 atom stereocenters. The summed E-state index contributed by atoms with van der Waals surface area (Å²) < 4.78 is 6.05. The molecule has 0 radical (unpaired) electrons. The molecule has 0 amide bonds. The number of thioether (sulfide) groups is 1. The monoisotopic (exact) mass is 438 g/mol. The molecule has 4 nitrogen and oxygen atoms in total. The summed E-state index contributed by atoms with van der Waals surface area (Å²) in [5.41, 5.74) is 4.41. The average Bonchev–Trinajstić information content (AvgIpc) is 3.34. The fourth-order valence-electron chi connectivity index (χ4n) is 4.81. The Morgan fingerprint density at radius 1 is 0.938 bits per heavy atom. The number of aromatic nitrogens is 1.